The number of rotatable bonds is 6. The van der Waals surface area contributed by atoms with Gasteiger partial charge in [-0.1, -0.05) is 42.5 Å². The first-order valence-electron chi connectivity index (χ1n) is 7.54. The van der Waals surface area contributed by atoms with Crippen molar-refractivity contribution in [2.45, 2.75) is 6.54 Å². The fourth-order valence-corrected chi connectivity index (χ4v) is 2.17. The van der Waals surface area contributed by atoms with Gasteiger partial charge in [-0.25, -0.2) is 4.79 Å². The molecule has 0 bridgehead atoms. The standard InChI is InChI=1S/C17H15N5O3/c23-16(18-10-13-6-2-1-3-7-13)11-25-17(24)14-8-4-5-9-15(14)22-12-19-20-21-22/h1-9,12H,10-11H2,(H,18,23). The summed E-state index contributed by atoms with van der Waals surface area (Å²) < 4.78 is 6.44. The first-order valence-corrected chi connectivity index (χ1v) is 7.54. The number of amides is 1. The fraction of sp³-hybridized carbons (Fsp3) is 0.118. The van der Waals surface area contributed by atoms with Gasteiger partial charge in [-0.05, 0) is 28.1 Å². The third-order valence-corrected chi connectivity index (χ3v) is 3.39. The van der Waals surface area contributed by atoms with E-state index in [1.54, 1.807) is 24.3 Å². The van der Waals surface area contributed by atoms with Crippen molar-refractivity contribution in [3.05, 3.63) is 72.1 Å². The van der Waals surface area contributed by atoms with E-state index in [2.05, 4.69) is 20.8 Å². The molecule has 0 saturated carbocycles. The minimum atomic E-state index is -0.624. The largest absolute Gasteiger partial charge is 0.452 e. The van der Waals surface area contributed by atoms with E-state index in [4.69, 9.17) is 4.74 Å². The second-order valence-electron chi connectivity index (χ2n) is 5.11. The molecule has 0 aliphatic carbocycles. The first kappa shape index (κ1) is 16.3. The van der Waals surface area contributed by atoms with Gasteiger partial charge in [0.15, 0.2) is 6.61 Å². The smallest absolute Gasteiger partial charge is 0.340 e. The van der Waals surface area contributed by atoms with Crippen molar-refractivity contribution in [2.75, 3.05) is 6.61 Å². The van der Waals surface area contributed by atoms with Gasteiger partial charge in [0.2, 0.25) is 0 Å². The summed E-state index contributed by atoms with van der Waals surface area (Å²) in [5.74, 6) is -1.00. The first-order chi connectivity index (χ1) is 12.2. The molecule has 0 saturated heterocycles. The van der Waals surface area contributed by atoms with Gasteiger partial charge >= 0.3 is 5.97 Å². The average Bonchev–Trinajstić information content (AvgIpc) is 3.20. The number of ether oxygens (including phenoxy) is 1. The van der Waals surface area contributed by atoms with Gasteiger partial charge in [0.1, 0.15) is 6.33 Å². The number of aromatic nitrogens is 4. The molecule has 0 unspecified atom stereocenters. The summed E-state index contributed by atoms with van der Waals surface area (Å²) in [4.78, 5) is 24.1. The van der Waals surface area contributed by atoms with Crippen LogP contribution in [0.25, 0.3) is 5.69 Å². The SMILES string of the molecule is O=C(COC(=O)c1ccccc1-n1cnnn1)NCc1ccccc1. The number of nitrogens with zero attached hydrogens (tertiary/aromatic N) is 4. The molecule has 1 amide bonds. The number of carbonyl (C=O) groups excluding carboxylic acids is 2. The Morgan fingerprint density at radius 1 is 1.04 bits per heavy atom. The van der Waals surface area contributed by atoms with Crippen molar-refractivity contribution in [1.29, 1.82) is 0 Å². The second-order valence-corrected chi connectivity index (χ2v) is 5.11. The molecule has 126 valence electrons. The lowest BCUT2D eigenvalue weighted by Gasteiger charge is -2.09. The van der Waals surface area contributed by atoms with Gasteiger partial charge in [-0.2, -0.15) is 4.68 Å². The zero-order chi connectivity index (χ0) is 17.5. The minimum Gasteiger partial charge on any atom is -0.452 e. The van der Waals surface area contributed by atoms with Gasteiger partial charge in [-0.3, -0.25) is 4.79 Å². The molecular weight excluding hydrogens is 322 g/mol. The highest BCUT2D eigenvalue weighted by Crippen LogP contribution is 2.13. The van der Waals surface area contributed by atoms with Gasteiger partial charge in [0.25, 0.3) is 5.91 Å². The molecule has 1 heterocycles. The maximum Gasteiger partial charge on any atom is 0.340 e. The Hall–Kier alpha value is -3.55. The van der Waals surface area contributed by atoms with Crippen molar-refractivity contribution < 1.29 is 14.3 Å². The lowest BCUT2D eigenvalue weighted by molar-refractivity contribution is -0.124. The highest BCUT2D eigenvalue weighted by Gasteiger charge is 2.16. The third-order valence-electron chi connectivity index (χ3n) is 3.39. The lowest BCUT2D eigenvalue weighted by atomic mass is 10.2. The maximum atomic E-state index is 12.3. The van der Waals surface area contributed by atoms with E-state index in [0.29, 0.717) is 12.2 Å². The van der Waals surface area contributed by atoms with Crippen molar-refractivity contribution in [2.24, 2.45) is 0 Å². The Morgan fingerprint density at radius 2 is 1.80 bits per heavy atom. The highest BCUT2D eigenvalue weighted by atomic mass is 16.5. The number of esters is 1. The molecule has 2 aromatic carbocycles. The summed E-state index contributed by atoms with van der Waals surface area (Å²) in [6.07, 6.45) is 1.37. The molecule has 0 spiro atoms. The number of hydrogen-bond acceptors (Lipinski definition) is 6. The molecule has 0 aliphatic heterocycles. The molecule has 3 aromatic rings. The lowest BCUT2D eigenvalue weighted by Crippen LogP contribution is -2.28. The van der Waals surface area contributed by atoms with Crippen LogP contribution >= 0.6 is 0 Å². The number of hydrogen-bond donors (Lipinski definition) is 1. The molecule has 1 aromatic heterocycles. The monoisotopic (exact) mass is 337 g/mol. The summed E-state index contributed by atoms with van der Waals surface area (Å²) in [6, 6.07) is 16.2. The van der Waals surface area contributed by atoms with E-state index < -0.39 is 5.97 Å². The van der Waals surface area contributed by atoms with Crippen LogP contribution in [0.4, 0.5) is 0 Å². The van der Waals surface area contributed by atoms with E-state index in [-0.39, 0.29) is 18.1 Å². The van der Waals surface area contributed by atoms with Crippen LogP contribution in [0.15, 0.2) is 60.9 Å². The van der Waals surface area contributed by atoms with Crippen molar-refractivity contribution in [1.82, 2.24) is 25.5 Å². The fourth-order valence-electron chi connectivity index (χ4n) is 2.17. The number of para-hydroxylation sites is 1. The number of nitrogens with one attached hydrogen (secondary N) is 1. The van der Waals surface area contributed by atoms with Crippen LogP contribution in [0, 0.1) is 0 Å². The van der Waals surface area contributed by atoms with Crippen LogP contribution in [0.2, 0.25) is 0 Å². The van der Waals surface area contributed by atoms with Crippen LogP contribution in [-0.4, -0.2) is 38.7 Å². The summed E-state index contributed by atoms with van der Waals surface area (Å²) in [5.41, 5.74) is 1.71. The molecule has 1 N–H and O–H groups in total. The van der Waals surface area contributed by atoms with Crippen molar-refractivity contribution >= 4 is 11.9 Å². The third kappa shape index (κ3) is 4.25. The Balaban J connectivity index is 1.57. The quantitative estimate of drug-likeness (QED) is 0.677. The number of tetrazole rings is 1. The van der Waals surface area contributed by atoms with Gasteiger partial charge in [0, 0.05) is 6.54 Å². The highest BCUT2D eigenvalue weighted by molar-refractivity contribution is 5.94. The molecule has 0 fully saturated rings. The zero-order valence-electron chi connectivity index (χ0n) is 13.2. The Bertz CT molecular complexity index is 850. The molecule has 0 aliphatic rings. The summed E-state index contributed by atoms with van der Waals surface area (Å²) >= 11 is 0. The van der Waals surface area contributed by atoms with E-state index in [1.165, 1.54) is 11.0 Å². The summed E-state index contributed by atoms with van der Waals surface area (Å²) in [5, 5.41) is 13.5. The van der Waals surface area contributed by atoms with Crippen LogP contribution in [0.5, 0.6) is 0 Å². The summed E-state index contributed by atoms with van der Waals surface area (Å²) in [6.45, 7) is 0.00798. The molecule has 0 radical (unpaired) electrons. The minimum absolute atomic E-state index is 0.269. The van der Waals surface area contributed by atoms with Crippen LogP contribution in [-0.2, 0) is 16.1 Å². The predicted molar refractivity (Wildman–Crippen MR) is 87.7 cm³/mol. The molecule has 8 nitrogen and oxygen atoms in total. The normalized spacial score (nSPS) is 10.2. The van der Waals surface area contributed by atoms with E-state index >= 15 is 0 Å². The van der Waals surface area contributed by atoms with Crippen molar-refractivity contribution in [3.8, 4) is 5.69 Å². The average molecular weight is 337 g/mol. The second kappa shape index (κ2) is 7.82. The van der Waals surface area contributed by atoms with E-state index in [9.17, 15) is 9.59 Å². The van der Waals surface area contributed by atoms with Gasteiger partial charge < -0.3 is 10.1 Å². The van der Waals surface area contributed by atoms with Crippen LogP contribution < -0.4 is 5.32 Å². The molecular formula is C17H15N5O3. The molecule has 8 heteroatoms. The topological polar surface area (TPSA) is 99.0 Å². The Labute approximate surface area is 143 Å². The Morgan fingerprint density at radius 3 is 2.56 bits per heavy atom. The van der Waals surface area contributed by atoms with Crippen molar-refractivity contribution in [3.63, 3.8) is 0 Å². The Kier molecular flexibility index (Phi) is 5.10. The predicted octanol–water partition coefficient (Wildman–Crippen LogP) is 1.14. The van der Waals surface area contributed by atoms with E-state index in [0.717, 1.165) is 5.56 Å². The van der Waals surface area contributed by atoms with Crippen LogP contribution in [0.1, 0.15) is 15.9 Å². The van der Waals surface area contributed by atoms with Gasteiger partial charge in [0.05, 0.1) is 11.3 Å². The molecule has 0 atom stereocenters. The van der Waals surface area contributed by atoms with Gasteiger partial charge in [-0.15, -0.1) is 5.10 Å². The molecule has 3 rings (SSSR count). The maximum absolute atomic E-state index is 12.3. The number of carbonyl (C=O) groups is 2. The zero-order valence-corrected chi connectivity index (χ0v) is 13.2. The number of benzene rings is 2. The summed E-state index contributed by atoms with van der Waals surface area (Å²) in [7, 11) is 0. The van der Waals surface area contributed by atoms with E-state index in [1.807, 2.05) is 30.3 Å². The van der Waals surface area contributed by atoms with Crippen LogP contribution in [0.3, 0.4) is 0 Å². The molecule has 25 heavy (non-hydrogen) atoms.